The average molecular weight is 421 g/mol. The highest BCUT2D eigenvalue weighted by atomic mass is 32.2. The lowest BCUT2D eigenvalue weighted by Crippen LogP contribution is -2.29. The molecule has 0 spiro atoms. The molecule has 6 nitrogen and oxygen atoms in total. The van der Waals surface area contributed by atoms with Gasteiger partial charge in [0, 0.05) is 45.6 Å². The van der Waals surface area contributed by atoms with E-state index in [1.54, 1.807) is 22.6 Å². The topological polar surface area (TPSA) is 48.8 Å². The first-order valence-corrected chi connectivity index (χ1v) is 11.3. The van der Waals surface area contributed by atoms with E-state index in [4.69, 9.17) is 12.2 Å². The molecular weight excluding hydrogens is 392 g/mol. The van der Waals surface area contributed by atoms with Crippen molar-refractivity contribution in [1.82, 2.24) is 13.8 Å². The Morgan fingerprint density at radius 1 is 1.00 bits per heavy atom. The number of rotatable bonds is 7. The average Bonchev–Trinajstić information content (AvgIpc) is 3.19. The molecule has 1 aliphatic heterocycles. The Hall–Kier alpha value is -1.74. The minimum atomic E-state index is -3.44. The van der Waals surface area contributed by atoms with Crippen molar-refractivity contribution in [2.45, 2.75) is 31.0 Å². The minimum absolute atomic E-state index is 0.312. The highest BCUT2D eigenvalue weighted by Gasteiger charge is 2.27. The van der Waals surface area contributed by atoms with Crippen molar-refractivity contribution in [3.8, 4) is 0 Å². The fourth-order valence-corrected chi connectivity index (χ4v) is 5.09. The number of pyridine rings is 1. The van der Waals surface area contributed by atoms with Gasteiger partial charge in [-0.05, 0) is 49.7 Å². The highest BCUT2D eigenvalue weighted by Crippen LogP contribution is 2.21. The first-order chi connectivity index (χ1) is 13.3. The lowest BCUT2D eigenvalue weighted by molar-refractivity contribution is 0.257. The second-order valence-electron chi connectivity index (χ2n) is 7.50. The van der Waals surface area contributed by atoms with Crippen LogP contribution >= 0.6 is 12.2 Å². The van der Waals surface area contributed by atoms with Crippen LogP contribution in [0.4, 0.5) is 5.69 Å². The third kappa shape index (κ3) is 4.81. The van der Waals surface area contributed by atoms with Crippen molar-refractivity contribution in [1.29, 1.82) is 0 Å². The van der Waals surface area contributed by atoms with Crippen molar-refractivity contribution < 1.29 is 8.42 Å². The molecule has 0 aliphatic carbocycles. The number of benzene rings is 1. The van der Waals surface area contributed by atoms with E-state index in [2.05, 4.69) is 34.1 Å². The molecule has 2 aromatic rings. The normalized spacial score (nSPS) is 15.3. The molecule has 1 aliphatic rings. The smallest absolute Gasteiger partial charge is 0.244 e. The monoisotopic (exact) mass is 420 g/mol. The number of aromatic nitrogens is 1. The first-order valence-electron chi connectivity index (χ1n) is 9.43. The molecule has 152 valence electrons. The van der Waals surface area contributed by atoms with Gasteiger partial charge >= 0.3 is 0 Å². The van der Waals surface area contributed by atoms with Gasteiger partial charge in [-0.25, -0.2) is 8.42 Å². The zero-order valence-corrected chi connectivity index (χ0v) is 18.3. The summed E-state index contributed by atoms with van der Waals surface area (Å²) in [5.41, 5.74) is 2.36. The van der Waals surface area contributed by atoms with E-state index in [1.165, 1.54) is 5.56 Å². The summed E-state index contributed by atoms with van der Waals surface area (Å²) < 4.78 is 29.7. The second kappa shape index (κ2) is 8.73. The Balaban J connectivity index is 1.73. The molecule has 3 rings (SSSR count). The van der Waals surface area contributed by atoms with Gasteiger partial charge in [0.05, 0.1) is 11.6 Å². The molecule has 0 radical (unpaired) electrons. The van der Waals surface area contributed by atoms with Crippen LogP contribution in [0.5, 0.6) is 0 Å². The molecule has 2 heterocycles. The van der Waals surface area contributed by atoms with Crippen LogP contribution in [0, 0.1) is 4.64 Å². The van der Waals surface area contributed by atoms with E-state index in [0.717, 1.165) is 25.1 Å². The lowest BCUT2D eigenvalue weighted by atomic mass is 10.2. The predicted octanol–water partition coefficient (Wildman–Crippen LogP) is 3.16. The number of sulfonamides is 1. The van der Waals surface area contributed by atoms with Gasteiger partial charge in [0.25, 0.3) is 0 Å². The van der Waals surface area contributed by atoms with E-state index in [9.17, 15) is 8.42 Å². The van der Waals surface area contributed by atoms with Crippen molar-refractivity contribution in [3.05, 3.63) is 52.8 Å². The minimum Gasteiger partial charge on any atom is -0.378 e. The Kier molecular flexibility index (Phi) is 6.54. The van der Waals surface area contributed by atoms with Gasteiger partial charge in [-0.1, -0.05) is 24.4 Å². The van der Waals surface area contributed by atoms with E-state index < -0.39 is 10.0 Å². The van der Waals surface area contributed by atoms with Gasteiger partial charge in [0.2, 0.25) is 10.0 Å². The molecule has 0 bridgehead atoms. The fourth-order valence-electron chi connectivity index (χ4n) is 3.37. The van der Waals surface area contributed by atoms with Crippen LogP contribution < -0.4 is 4.90 Å². The summed E-state index contributed by atoms with van der Waals surface area (Å²) in [6.07, 6.45) is 3.52. The van der Waals surface area contributed by atoms with Crippen molar-refractivity contribution in [2.75, 3.05) is 39.1 Å². The number of hydrogen-bond acceptors (Lipinski definition) is 5. The molecule has 0 saturated carbocycles. The van der Waals surface area contributed by atoms with Crippen molar-refractivity contribution >= 4 is 27.9 Å². The van der Waals surface area contributed by atoms with Crippen molar-refractivity contribution in [2.24, 2.45) is 0 Å². The van der Waals surface area contributed by atoms with Gasteiger partial charge in [-0.3, -0.25) is 4.90 Å². The maximum absolute atomic E-state index is 12.8. The fraction of sp³-hybridized carbons (Fsp3) is 0.450. The Morgan fingerprint density at radius 2 is 1.64 bits per heavy atom. The van der Waals surface area contributed by atoms with Gasteiger partial charge in [0.15, 0.2) is 0 Å². The van der Waals surface area contributed by atoms with Gasteiger partial charge in [-0.15, -0.1) is 0 Å². The number of anilines is 1. The quantitative estimate of drug-likeness (QED) is 0.644. The lowest BCUT2D eigenvalue weighted by Gasteiger charge is -2.21. The molecule has 0 unspecified atom stereocenters. The summed E-state index contributed by atoms with van der Waals surface area (Å²) in [6, 6.07) is 11.7. The van der Waals surface area contributed by atoms with Gasteiger partial charge in [-0.2, -0.15) is 4.31 Å². The van der Waals surface area contributed by atoms with E-state index in [0.29, 0.717) is 29.3 Å². The van der Waals surface area contributed by atoms with Crippen LogP contribution in [-0.4, -0.2) is 56.4 Å². The molecule has 28 heavy (non-hydrogen) atoms. The van der Waals surface area contributed by atoms with Crippen LogP contribution in [0.15, 0.2) is 47.5 Å². The maximum atomic E-state index is 12.8. The summed E-state index contributed by atoms with van der Waals surface area (Å²) in [4.78, 5) is 4.50. The molecule has 1 aromatic heterocycles. The molecule has 8 heteroatoms. The Morgan fingerprint density at radius 3 is 2.25 bits per heavy atom. The summed E-state index contributed by atoms with van der Waals surface area (Å²) in [5, 5.41) is 0. The number of nitrogens with zero attached hydrogens (tertiary/aromatic N) is 4. The summed E-state index contributed by atoms with van der Waals surface area (Å²) >= 11 is 5.42. The van der Waals surface area contributed by atoms with Gasteiger partial charge < -0.3 is 9.47 Å². The third-order valence-electron chi connectivity index (χ3n) is 4.96. The molecule has 0 amide bonds. The second-order valence-corrected chi connectivity index (χ2v) is 9.86. The maximum Gasteiger partial charge on any atom is 0.244 e. The molecule has 1 saturated heterocycles. The van der Waals surface area contributed by atoms with Crippen LogP contribution in [0.1, 0.15) is 18.4 Å². The van der Waals surface area contributed by atoms with Crippen LogP contribution in [0.3, 0.4) is 0 Å². The third-order valence-corrected chi connectivity index (χ3v) is 7.21. The van der Waals surface area contributed by atoms with Crippen LogP contribution in [0.2, 0.25) is 0 Å². The van der Waals surface area contributed by atoms with Crippen LogP contribution in [0.25, 0.3) is 0 Å². The van der Waals surface area contributed by atoms with E-state index in [-0.39, 0.29) is 0 Å². The highest BCUT2D eigenvalue weighted by molar-refractivity contribution is 7.89. The Bertz CT molecular complexity index is 962. The molecule has 0 N–H and O–H groups in total. The Labute approximate surface area is 173 Å². The SMILES string of the molecule is CN(Cc1ccc(N(C)C)cc1)Cn1cc(S(=O)(=O)N2CCCC2)ccc1=S. The summed E-state index contributed by atoms with van der Waals surface area (Å²) in [5.74, 6) is 0. The molecular formula is C20H28N4O2S2. The number of hydrogen-bond donors (Lipinski definition) is 0. The van der Waals surface area contributed by atoms with E-state index in [1.807, 2.05) is 25.7 Å². The van der Waals surface area contributed by atoms with E-state index >= 15 is 0 Å². The zero-order valence-electron chi connectivity index (χ0n) is 16.7. The molecule has 1 aromatic carbocycles. The van der Waals surface area contributed by atoms with Crippen molar-refractivity contribution in [3.63, 3.8) is 0 Å². The molecule has 0 atom stereocenters. The largest absolute Gasteiger partial charge is 0.378 e. The standard InChI is InChI=1S/C20H28N4O2S2/c1-21(2)18-8-6-17(7-9-18)14-22(3)16-23-15-19(10-11-20(23)27)28(25,26)24-12-4-5-13-24/h6-11,15H,4-5,12-14,16H2,1-3H3. The van der Waals surface area contributed by atoms with Crippen LogP contribution in [-0.2, 0) is 23.2 Å². The summed E-state index contributed by atoms with van der Waals surface area (Å²) in [6.45, 7) is 2.47. The predicted molar refractivity (Wildman–Crippen MR) is 115 cm³/mol. The first kappa shape index (κ1) is 21.0. The summed E-state index contributed by atoms with van der Waals surface area (Å²) in [7, 11) is 2.60. The van der Waals surface area contributed by atoms with Gasteiger partial charge in [0.1, 0.15) is 4.64 Å². The zero-order chi connectivity index (χ0) is 20.3. The molecule has 1 fully saturated rings.